The van der Waals surface area contributed by atoms with Crippen molar-refractivity contribution < 1.29 is 0 Å². The number of aryl methyl sites for hydroxylation is 1. The van der Waals surface area contributed by atoms with Gasteiger partial charge in [0, 0.05) is 50.3 Å². The maximum absolute atomic E-state index is 4.68. The first kappa shape index (κ1) is 15.8. The Balaban J connectivity index is 1.37. The highest BCUT2D eigenvalue weighted by Crippen LogP contribution is 2.16. The molecule has 1 aliphatic rings. The molecule has 0 saturated heterocycles. The van der Waals surface area contributed by atoms with Crippen LogP contribution in [0.15, 0.2) is 36.9 Å². The summed E-state index contributed by atoms with van der Waals surface area (Å²) >= 11 is 0. The molecule has 0 bridgehead atoms. The minimum Gasteiger partial charge on any atom is -0.348 e. The van der Waals surface area contributed by atoms with Gasteiger partial charge in [-0.3, -0.25) is 14.3 Å². The number of rotatable bonds is 6. The maximum Gasteiger partial charge on any atom is 0.222 e. The number of aromatic nitrogens is 6. The normalized spacial score (nSPS) is 14.4. The summed E-state index contributed by atoms with van der Waals surface area (Å²) in [6.07, 6.45) is 7.55. The third kappa shape index (κ3) is 3.69. The molecule has 4 rings (SSSR count). The van der Waals surface area contributed by atoms with E-state index >= 15 is 0 Å². The molecule has 0 spiro atoms. The van der Waals surface area contributed by atoms with Crippen LogP contribution in [-0.4, -0.2) is 41.0 Å². The first-order chi connectivity index (χ1) is 12.3. The summed E-state index contributed by atoms with van der Waals surface area (Å²) in [6, 6.07) is 3.97. The van der Waals surface area contributed by atoms with Crippen LogP contribution in [0.4, 0.5) is 5.95 Å². The molecule has 0 amide bonds. The van der Waals surface area contributed by atoms with E-state index in [1.54, 1.807) is 18.5 Å². The Labute approximate surface area is 146 Å². The van der Waals surface area contributed by atoms with E-state index in [0.717, 1.165) is 38.4 Å². The SMILES string of the molecule is CCn1cc(CN2CCn3nc(CNc4ncccn4)cc3C2)cn1. The lowest BCUT2D eigenvalue weighted by Crippen LogP contribution is -2.33. The van der Waals surface area contributed by atoms with Gasteiger partial charge in [-0.25, -0.2) is 9.97 Å². The molecule has 0 unspecified atom stereocenters. The van der Waals surface area contributed by atoms with Crippen LogP contribution < -0.4 is 5.32 Å². The Bertz CT molecular complexity index is 822. The minimum absolute atomic E-state index is 0.628. The molecule has 4 heterocycles. The molecule has 130 valence electrons. The summed E-state index contributed by atoms with van der Waals surface area (Å²) in [5, 5.41) is 12.2. The quantitative estimate of drug-likeness (QED) is 0.734. The highest BCUT2D eigenvalue weighted by molar-refractivity contribution is 5.24. The zero-order chi connectivity index (χ0) is 17.1. The molecule has 8 nitrogen and oxygen atoms in total. The maximum atomic E-state index is 4.68. The number of hydrogen-bond acceptors (Lipinski definition) is 6. The fourth-order valence-electron chi connectivity index (χ4n) is 3.08. The number of fused-ring (bicyclic) bond motifs is 1. The Kier molecular flexibility index (Phi) is 4.43. The standard InChI is InChI=1S/C17H22N8/c1-2-24-12-14(9-21-24)11-23-6-7-25-16(13-23)8-15(22-25)10-20-17-18-4-3-5-19-17/h3-5,8-9,12H,2,6-7,10-11,13H2,1H3,(H,18,19,20). The fourth-order valence-corrected chi connectivity index (χ4v) is 3.08. The minimum atomic E-state index is 0.628. The summed E-state index contributed by atoms with van der Waals surface area (Å²) < 4.78 is 4.08. The number of nitrogens with one attached hydrogen (secondary N) is 1. The van der Waals surface area contributed by atoms with Crippen LogP contribution >= 0.6 is 0 Å². The summed E-state index contributed by atoms with van der Waals surface area (Å²) in [6.45, 7) is 7.40. The number of hydrogen-bond donors (Lipinski definition) is 1. The van der Waals surface area contributed by atoms with Crippen LogP contribution in [0.5, 0.6) is 0 Å². The summed E-state index contributed by atoms with van der Waals surface area (Å²) in [5.41, 5.74) is 3.53. The highest BCUT2D eigenvalue weighted by Gasteiger charge is 2.19. The van der Waals surface area contributed by atoms with Crippen LogP contribution in [0.1, 0.15) is 23.9 Å². The Hall–Kier alpha value is -2.74. The van der Waals surface area contributed by atoms with Gasteiger partial charge in [0.15, 0.2) is 0 Å². The van der Waals surface area contributed by atoms with Crippen LogP contribution in [0, 0.1) is 0 Å². The zero-order valence-corrected chi connectivity index (χ0v) is 14.3. The molecule has 25 heavy (non-hydrogen) atoms. The van der Waals surface area contributed by atoms with Gasteiger partial charge in [0.05, 0.1) is 30.7 Å². The van der Waals surface area contributed by atoms with E-state index < -0.39 is 0 Å². The second kappa shape index (κ2) is 7.02. The van der Waals surface area contributed by atoms with Crippen molar-refractivity contribution in [3.8, 4) is 0 Å². The van der Waals surface area contributed by atoms with Crippen LogP contribution in [0.25, 0.3) is 0 Å². The van der Waals surface area contributed by atoms with Crippen molar-refractivity contribution in [3.05, 3.63) is 53.9 Å². The van der Waals surface area contributed by atoms with Crippen LogP contribution in [-0.2, 0) is 32.7 Å². The van der Waals surface area contributed by atoms with Crippen LogP contribution in [0.2, 0.25) is 0 Å². The second-order valence-electron chi connectivity index (χ2n) is 6.19. The molecule has 0 aromatic carbocycles. The number of nitrogens with zero attached hydrogens (tertiary/aromatic N) is 7. The van der Waals surface area contributed by atoms with Gasteiger partial charge in [0.2, 0.25) is 5.95 Å². The van der Waals surface area contributed by atoms with E-state index in [-0.39, 0.29) is 0 Å². The molecule has 0 atom stereocenters. The molecule has 1 N–H and O–H groups in total. The van der Waals surface area contributed by atoms with Gasteiger partial charge in [-0.1, -0.05) is 0 Å². The van der Waals surface area contributed by atoms with Crippen molar-refractivity contribution in [2.75, 3.05) is 11.9 Å². The van der Waals surface area contributed by atoms with E-state index in [2.05, 4.69) is 54.3 Å². The average molecular weight is 338 g/mol. The molecule has 0 saturated carbocycles. The first-order valence-corrected chi connectivity index (χ1v) is 8.60. The lowest BCUT2D eigenvalue weighted by Gasteiger charge is -2.26. The third-order valence-electron chi connectivity index (χ3n) is 4.34. The summed E-state index contributed by atoms with van der Waals surface area (Å²) in [7, 11) is 0. The van der Waals surface area contributed by atoms with Crippen molar-refractivity contribution in [2.45, 2.75) is 39.6 Å². The Morgan fingerprint density at radius 2 is 2.08 bits per heavy atom. The van der Waals surface area contributed by atoms with Crippen molar-refractivity contribution >= 4 is 5.95 Å². The predicted octanol–water partition coefficient (Wildman–Crippen LogP) is 1.52. The van der Waals surface area contributed by atoms with Gasteiger partial charge in [-0.2, -0.15) is 10.2 Å². The first-order valence-electron chi connectivity index (χ1n) is 8.60. The van der Waals surface area contributed by atoms with Crippen molar-refractivity contribution in [2.24, 2.45) is 0 Å². The molecule has 8 heteroatoms. The van der Waals surface area contributed by atoms with Crippen molar-refractivity contribution in [1.82, 2.24) is 34.4 Å². The fraction of sp³-hybridized carbons (Fsp3) is 0.412. The molecule has 3 aromatic heterocycles. The van der Waals surface area contributed by atoms with Crippen LogP contribution in [0.3, 0.4) is 0 Å². The third-order valence-corrected chi connectivity index (χ3v) is 4.34. The molecular formula is C17H22N8. The zero-order valence-electron chi connectivity index (χ0n) is 14.3. The van der Waals surface area contributed by atoms with Crippen molar-refractivity contribution in [1.29, 1.82) is 0 Å². The topological polar surface area (TPSA) is 76.7 Å². The summed E-state index contributed by atoms with van der Waals surface area (Å²) in [4.78, 5) is 10.8. The van der Waals surface area contributed by atoms with E-state index in [9.17, 15) is 0 Å². The smallest absolute Gasteiger partial charge is 0.222 e. The Morgan fingerprint density at radius 1 is 1.20 bits per heavy atom. The molecule has 0 aliphatic carbocycles. The molecular weight excluding hydrogens is 316 g/mol. The van der Waals surface area contributed by atoms with Crippen molar-refractivity contribution in [3.63, 3.8) is 0 Å². The van der Waals surface area contributed by atoms with Gasteiger partial charge >= 0.3 is 0 Å². The van der Waals surface area contributed by atoms with Gasteiger partial charge in [0.1, 0.15) is 0 Å². The lowest BCUT2D eigenvalue weighted by molar-refractivity contribution is 0.205. The second-order valence-corrected chi connectivity index (χ2v) is 6.19. The van der Waals surface area contributed by atoms with E-state index in [4.69, 9.17) is 0 Å². The predicted molar refractivity (Wildman–Crippen MR) is 93.6 cm³/mol. The average Bonchev–Trinajstić information content (AvgIpc) is 3.27. The highest BCUT2D eigenvalue weighted by atomic mass is 15.3. The molecule has 0 radical (unpaired) electrons. The van der Waals surface area contributed by atoms with Gasteiger partial charge in [-0.05, 0) is 19.1 Å². The monoisotopic (exact) mass is 338 g/mol. The Morgan fingerprint density at radius 3 is 2.88 bits per heavy atom. The lowest BCUT2D eigenvalue weighted by atomic mass is 10.2. The van der Waals surface area contributed by atoms with Gasteiger partial charge < -0.3 is 5.32 Å². The van der Waals surface area contributed by atoms with E-state index in [1.165, 1.54) is 11.3 Å². The van der Waals surface area contributed by atoms with E-state index in [0.29, 0.717) is 12.5 Å². The molecule has 0 fully saturated rings. The van der Waals surface area contributed by atoms with Gasteiger partial charge in [-0.15, -0.1) is 0 Å². The number of anilines is 1. The van der Waals surface area contributed by atoms with E-state index in [1.807, 2.05) is 10.9 Å². The molecule has 3 aromatic rings. The summed E-state index contributed by atoms with van der Waals surface area (Å²) in [5.74, 6) is 0.628. The molecule has 1 aliphatic heterocycles. The van der Waals surface area contributed by atoms with Gasteiger partial charge in [0.25, 0.3) is 0 Å². The largest absolute Gasteiger partial charge is 0.348 e.